The molecule has 2 aromatic rings. The smallest absolute Gasteiger partial charge is 0.340 e. The predicted octanol–water partition coefficient (Wildman–Crippen LogP) is 0.265. The fourth-order valence-electron chi connectivity index (χ4n) is 2.12. The van der Waals surface area contributed by atoms with E-state index in [1.165, 1.54) is 18.2 Å². The van der Waals surface area contributed by atoms with Crippen LogP contribution in [0.5, 0.6) is 0 Å². The Morgan fingerprint density at radius 3 is 2.81 bits per heavy atom. The normalized spacial score (nSPS) is 16.2. The molecule has 0 saturated heterocycles. The van der Waals surface area contributed by atoms with Crippen molar-refractivity contribution in [3.63, 3.8) is 0 Å². The van der Waals surface area contributed by atoms with Crippen LogP contribution in [-0.2, 0) is 4.74 Å². The molecule has 1 atom stereocenters. The minimum absolute atomic E-state index is 0.120. The maximum atomic E-state index is 13.3. The monoisotopic (exact) mass is 287 g/mol. The fourth-order valence-corrected chi connectivity index (χ4v) is 2.12. The van der Waals surface area contributed by atoms with E-state index >= 15 is 0 Å². The van der Waals surface area contributed by atoms with Crippen LogP contribution in [0.25, 0.3) is 0 Å². The Kier molecular flexibility index (Phi) is 2.69. The molecule has 0 aliphatic carbocycles. The summed E-state index contributed by atoms with van der Waals surface area (Å²) in [5, 5.41) is 8.87. The third-order valence-corrected chi connectivity index (χ3v) is 3.08. The molecule has 3 rings (SSSR count). The number of nitrogens with zero attached hydrogens (tertiary/aromatic N) is 2. The van der Waals surface area contributed by atoms with Gasteiger partial charge in [0.15, 0.2) is 0 Å². The molecule has 0 fully saturated rings. The molecule has 0 bridgehead atoms. The molecule has 1 aromatic heterocycles. The van der Waals surface area contributed by atoms with Crippen molar-refractivity contribution in [2.24, 2.45) is 0 Å². The standard InChI is InChI=1S/C13H6FN3O4/c14-9-5-16-13(20)17(10(9)18)11-8-3-6(4-15)1-2-7(8)12(19)21-11/h1-3,5,11H,(H,16,20). The van der Waals surface area contributed by atoms with Crippen LogP contribution < -0.4 is 11.2 Å². The van der Waals surface area contributed by atoms with Crippen molar-refractivity contribution >= 4 is 5.97 Å². The van der Waals surface area contributed by atoms with E-state index < -0.39 is 29.3 Å². The first kappa shape index (κ1) is 12.8. The lowest BCUT2D eigenvalue weighted by Crippen LogP contribution is -2.39. The number of benzene rings is 1. The maximum absolute atomic E-state index is 13.3. The molecule has 7 nitrogen and oxygen atoms in total. The van der Waals surface area contributed by atoms with E-state index in [1.807, 2.05) is 11.1 Å². The lowest BCUT2D eigenvalue weighted by atomic mass is 10.1. The number of rotatable bonds is 1. The summed E-state index contributed by atoms with van der Waals surface area (Å²) in [4.78, 5) is 37.3. The van der Waals surface area contributed by atoms with E-state index in [2.05, 4.69) is 0 Å². The molecule has 1 unspecified atom stereocenters. The topological polar surface area (TPSA) is 105 Å². The van der Waals surface area contributed by atoms with Gasteiger partial charge in [0, 0.05) is 11.8 Å². The van der Waals surface area contributed by atoms with E-state index in [9.17, 15) is 18.8 Å². The van der Waals surface area contributed by atoms with Gasteiger partial charge in [-0.2, -0.15) is 9.65 Å². The number of hydrogen-bond donors (Lipinski definition) is 1. The molecule has 104 valence electrons. The molecular formula is C13H6FN3O4. The Labute approximate surface area is 115 Å². The Bertz CT molecular complexity index is 922. The zero-order valence-electron chi connectivity index (χ0n) is 10.3. The Morgan fingerprint density at radius 1 is 1.33 bits per heavy atom. The van der Waals surface area contributed by atoms with E-state index in [0.717, 1.165) is 0 Å². The second kappa shape index (κ2) is 4.42. The average molecular weight is 287 g/mol. The number of halogens is 1. The number of esters is 1. The highest BCUT2D eigenvalue weighted by Gasteiger charge is 2.34. The molecule has 1 N–H and O–H groups in total. The first-order valence-electron chi connectivity index (χ1n) is 5.77. The van der Waals surface area contributed by atoms with Gasteiger partial charge in [-0.25, -0.2) is 14.2 Å². The number of carbonyl (C=O) groups excluding carboxylic acids is 1. The molecule has 0 amide bonds. The molecule has 0 radical (unpaired) electrons. The zero-order valence-corrected chi connectivity index (χ0v) is 10.3. The number of fused-ring (bicyclic) bond motifs is 1. The second-order valence-corrected chi connectivity index (χ2v) is 4.29. The van der Waals surface area contributed by atoms with Gasteiger partial charge >= 0.3 is 11.7 Å². The third kappa shape index (κ3) is 1.83. The van der Waals surface area contributed by atoms with Crippen LogP contribution in [0.4, 0.5) is 4.39 Å². The lowest BCUT2D eigenvalue weighted by molar-refractivity contribution is 0.0299. The summed E-state index contributed by atoms with van der Waals surface area (Å²) in [7, 11) is 0. The van der Waals surface area contributed by atoms with Crippen LogP contribution >= 0.6 is 0 Å². The zero-order chi connectivity index (χ0) is 15.1. The van der Waals surface area contributed by atoms with Crippen molar-refractivity contribution in [2.45, 2.75) is 6.23 Å². The SMILES string of the molecule is N#Cc1ccc2c(c1)C(n1c(=O)[nH]cc(F)c1=O)OC2=O. The molecule has 1 aliphatic rings. The second-order valence-electron chi connectivity index (χ2n) is 4.29. The van der Waals surface area contributed by atoms with E-state index in [1.54, 1.807) is 0 Å². The number of nitrogens with one attached hydrogen (secondary N) is 1. The van der Waals surface area contributed by atoms with Gasteiger partial charge in [0.1, 0.15) is 0 Å². The molecule has 1 aromatic carbocycles. The summed E-state index contributed by atoms with van der Waals surface area (Å²) in [6.45, 7) is 0. The fraction of sp³-hybridized carbons (Fsp3) is 0.0769. The highest BCUT2D eigenvalue weighted by molar-refractivity contribution is 5.94. The molecule has 0 saturated carbocycles. The lowest BCUT2D eigenvalue weighted by Gasteiger charge is -2.12. The average Bonchev–Trinajstić information content (AvgIpc) is 2.80. The number of nitriles is 1. The minimum atomic E-state index is -1.40. The van der Waals surface area contributed by atoms with Crippen molar-refractivity contribution < 1.29 is 13.9 Å². The number of H-pyrrole nitrogens is 1. The first-order valence-corrected chi connectivity index (χ1v) is 5.77. The molecule has 0 spiro atoms. The van der Waals surface area contributed by atoms with E-state index in [-0.39, 0.29) is 16.7 Å². The largest absolute Gasteiger partial charge is 0.433 e. The van der Waals surface area contributed by atoms with Crippen molar-refractivity contribution in [1.82, 2.24) is 9.55 Å². The summed E-state index contributed by atoms with van der Waals surface area (Å²) in [5.74, 6) is -1.94. The Morgan fingerprint density at radius 2 is 2.10 bits per heavy atom. The van der Waals surface area contributed by atoms with Crippen LogP contribution in [0.3, 0.4) is 0 Å². The van der Waals surface area contributed by atoms with Crippen LogP contribution in [-0.4, -0.2) is 15.5 Å². The molecule has 8 heteroatoms. The number of ether oxygens (including phenoxy) is 1. The third-order valence-electron chi connectivity index (χ3n) is 3.08. The number of carbonyl (C=O) groups is 1. The number of hydrogen-bond acceptors (Lipinski definition) is 5. The van der Waals surface area contributed by atoms with Crippen LogP contribution in [0, 0.1) is 17.1 Å². The first-order chi connectivity index (χ1) is 10.0. The number of aromatic amines is 1. The molecular weight excluding hydrogens is 281 g/mol. The van der Waals surface area contributed by atoms with Gasteiger partial charge in [0.25, 0.3) is 5.56 Å². The molecule has 1 aliphatic heterocycles. The van der Waals surface area contributed by atoms with Gasteiger partial charge in [0.2, 0.25) is 12.0 Å². The van der Waals surface area contributed by atoms with Gasteiger partial charge in [-0.1, -0.05) is 0 Å². The Balaban J connectivity index is 2.28. The predicted molar refractivity (Wildman–Crippen MR) is 66.0 cm³/mol. The van der Waals surface area contributed by atoms with Gasteiger partial charge in [0.05, 0.1) is 17.2 Å². The Hall–Kier alpha value is -3.21. The van der Waals surface area contributed by atoms with Crippen molar-refractivity contribution in [3.8, 4) is 6.07 Å². The highest BCUT2D eigenvalue weighted by Crippen LogP contribution is 2.30. The van der Waals surface area contributed by atoms with Crippen molar-refractivity contribution in [3.05, 3.63) is 67.7 Å². The van der Waals surface area contributed by atoms with Crippen molar-refractivity contribution in [2.75, 3.05) is 0 Å². The summed E-state index contributed by atoms with van der Waals surface area (Å²) in [5.41, 5.74) is -1.63. The number of aromatic nitrogens is 2. The summed E-state index contributed by atoms with van der Waals surface area (Å²) in [6.07, 6.45) is -0.766. The summed E-state index contributed by atoms with van der Waals surface area (Å²) >= 11 is 0. The summed E-state index contributed by atoms with van der Waals surface area (Å²) < 4.78 is 18.8. The maximum Gasteiger partial charge on any atom is 0.340 e. The van der Waals surface area contributed by atoms with Gasteiger partial charge in [-0.15, -0.1) is 0 Å². The minimum Gasteiger partial charge on any atom is -0.433 e. The van der Waals surface area contributed by atoms with Gasteiger partial charge < -0.3 is 9.72 Å². The molecule has 2 heterocycles. The van der Waals surface area contributed by atoms with Crippen LogP contribution in [0.1, 0.15) is 27.7 Å². The van der Waals surface area contributed by atoms with Crippen LogP contribution in [0.2, 0.25) is 0 Å². The van der Waals surface area contributed by atoms with Crippen molar-refractivity contribution in [1.29, 1.82) is 5.26 Å². The highest BCUT2D eigenvalue weighted by atomic mass is 19.1. The van der Waals surface area contributed by atoms with Gasteiger partial charge in [-0.05, 0) is 18.2 Å². The summed E-state index contributed by atoms with van der Waals surface area (Å²) in [6, 6.07) is 5.95. The number of cyclic esters (lactones) is 1. The van der Waals surface area contributed by atoms with E-state index in [0.29, 0.717) is 10.8 Å². The van der Waals surface area contributed by atoms with Crippen LogP contribution in [0.15, 0.2) is 34.0 Å². The van der Waals surface area contributed by atoms with E-state index in [4.69, 9.17) is 10.00 Å². The van der Waals surface area contributed by atoms with Gasteiger partial charge in [-0.3, -0.25) is 4.79 Å². The molecule has 21 heavy (non-hydrogen) atoms. The quantitative estimate of drug-likeness (QED) is 0.758.